The van der Waals surface area contributed by atoms with E-state index in [1.54, 1.807) is 17.2 Å². The first-order valence-electron chi connectivity index (χ1n) is 9.57. The fourth-order valence-corrected chi connectivity index (χ4v) is 3.50. The number of rotatable bonds is 5. The van der Waals surface area contributed by atoms with Crippen molar-refractivity contribution in [1.29, 1.82) is 0 Å². The SMILES string of the molecule is CC(C)[C@H]1COC(=O)N1c1ccnc(N[C@H](C)c2ccc3ccccc3c2)n1. The fourth-order valence-electron chi connectivity index (χ4n) is 3.50. The van der Waals surface area contributed by atoms with Crippen LogP contribution in [0.2, 0.25) is 0 Å². The molecule has 1 amide bonds. The van der Waals surface area contributed by atoms with Gasteiger partial charge in [-0.25, -0.2) is 9.78 Å². The topological polar surface area (TPSA) is 67.3 Å². The number of carbonyl (C=O) groups is 1. The summed E-state index contributed by atoms with van der Waals surface area (Å²) in [6.07, 6.45) is 1.31. The number of amides is 1. The highest BCUT2D eigenvalue weighted by Crippen LogP contribution is 2.27. The molecule has 1 aromatic heterocycles. The Bertz CT molecular complexity index is 1000. The van der Waals surface area contributed by atoms with Crippen molar-refractivity contribution in [2.45, 2.75) is 32.9 Å². The predicted octanol–water partition coefficient (Wildman–Crippen LogP) is 4.78. The van der Waals surface area contributed by atoms with E-state index < -0.39 is 0 Å². The molecule has 1 N–H and O–H groups in total. The van der Waals surface area contributed by atoms with Crippen LogP contribution in [0, 0.1) is 5.92 Å². The molecule has 144 valence electrons. The van der Waals surface area contributed by atoms with Gasteiger partial charge in [-0.3, -0.25) is 4.90 Å². The summed E-state index contributed by atoms with van der Waals surface area (Å²) in [5.41, 5.74) is 1.15. The number of hydrogen-bond donors (Lipinski definition) is 1. The number of cyclic esters (lactones) is 1. The molecule has 1 aliphatic rings. The monoisotopic (exact) mass is 376 g/mol. The molecule has 2 aromatic carbocycles. The Hall–Kier alpha value is -3.15. The van der Waals surface area contributed by atoms with Crippen molar-refractivity contribution < 1.29 is 9.53 Å². The zero-order valence-electron chi connectivity index (χ0n) is 16.3. The molecule has 4 rings (SSSR count). The van der Waals surface area contributed by atoms with Gasteiger partial charge in [-0.15, -0.1) is 0 Å². The Balaban J connectivity index is 1.56. The van der Waals surface area contributed by atoms with Gasteiger partial charge in [0.25, 0.3) is 0 Å². The molecule has 3 aromatic rings. The lowest BCUT2D eigenvalue weighted by Crippen LogP contribution is -2.37. The largest absolute Gasteiger partial charge is 0.447 e. The summed E-state index contributed by atoms with van der Waals surface area (Å²) in [5, 5.41) is 5.75. The van der Waals surface area contributed by atoms with E-state index in [1.165, 1.54) is 10.8 Å². The molecule has 1 saturated heterocycles. The van der Waals surface area contributed by atoms with Gasteiger partial charge >= 0.3 is 6.09 Å². The van der Waals surface area contributed by atoms with Gasteiger partial charge in [0.05, 0.1) is 12.1 Å². The smallest absolute Gasteiger partial charge is 0.415 e. The van der Waals surface area contributed by atoms with Crippen molar-refractivity contribution in [2.75, 3.05) is 16.8 Å². The number of fused-ring (bicyclic) bond motifs is 1. The second kappa shape index (κ2) is 7.46. The van der Waals surface area contributed by atoms with Crippen LogP contribution >= 0.6 is 0 Å². The van der Waals surface area contributed by atoms with Crippen LogP contribution < -0.4 is 10.2 Å². The maximum atomic E-state index is 12.2. The molecule has 0 saturated carbocycles. The Kier molecular flexibility index (Phi) is 4.86. The molecule has 0 bridgehead atoms. The van der Waals surface area contributed by atoms with Crippen molar-refractivity contribution in [3.63, 3.8) is 0 Å². The van der Waals surface area contributed by atoms with Crippen LogP contribution in [-0.4, -0.2) is 28.7 Å². The van der Waals surface area contributed by atoms with Crippen molar-refractivity contribution in [1.82, 2.24) is 9.97 Å². The number of anilines is 2. The van der Waals surface area contributed by atoms with Gasteiger partial charge in [0.1, 0.15) is 12.4 Å². The van der Waals surface area contributed by atoms with Crippen LogP contribution in [0.15, 0.2) is 54.7 Å². The van der Waals surface area contributed by atoms with Gasteiger partial charge < -0.3 is 10.1 Å². The Morgan fingerprint density at radius 3 is 2.68 bits per heavy atom. The van der Waals surface area contributed by atoms with Crippen molar-refractivity contribution in [3.8, 4) is 0 Å². The van der Waals surface area contributed by atoms with Crippen LogP contribution in [0.25, 0.3) is 10.8 Å². The third kappa shape index (κ3) is 3.50. The molecule has 6 nitrogen and oxygen atoms in total. The quantitative estimate of drug-likeness (QED) is 0.694. The number of nitrogens with one attached hydrogen (secondary N) is 1. The standard InChI is InChI=1S/C22H24N4O2/c1-14(2)19-13-28-22(27)26(19)20-10-11-23-21(25-20)24-15(3)17-9-8-16-6-4-5-7-18(16)12-17/h4-12,14-15,19H,13H2,1-3H3,(H,23,24,25)/t15-,19-/m1/s1. The van der Waals surface area contributed by atoms with Crippen LogP contribution in [-0.2, 0) is 4.74 Å². The zero-order chi connectivity index (χ0) is 19.7. The van der Waals surface area contributed by atoms with E-state index in [-0.39, 0.29) is 24.1 Å². The number of hydrogen-bond acceptors (Lipinski definition) is 5. The van der Waals surface area contributed by atoms with Crippen LogP contribution in [0.4, 0.5) is 16.6 Å². The van der Waals surface area contributed by atoms with Crippen molar-refractivity contribution >= 4 is 28.6 Å². The summed E-state index contributed by atoms with van der Waals surface area (Å²) in [4.78, 5) is 22.7. The summed E-state index contributed by atoms with van der Waals surface area (Å²) in [5.74, 6) is 1.32. The van der Waals surface area contributed by atoms with E-state index in [1.807, 2.05) is 12.1 Å². The number of aromatic nitrogens is 2. The van der Waals surface area contributed by atoms with E-state index in [2.05, 4.69) is 66.4 Å². The first-order valence-corrected chi connectivity index (χ1v) is 9.57. The fraction of sp³-hybridized carbons (Fsp3) is 0.318. The number of carbonyl (C=O) groups excluding carboxylic acids is 1. The van der Waals surface area contributed by atoms with E-state index in [9.17, 15) is 4.79 Å². The first-order chi connectivity index (χ1) is 13.5. The third-order valence-electron chi connectivity index (χ3n) is 5.18. The molecule has 28 heavy (non-hydrogen) atoms. The van der Waals surface area contributed by atoms with Crippen LogP contribution in [0.1, 0.15) is 32.4 Å². The number of ether oxygens (including phenoxy) is 1. The highest BCUT2D eigenvalue weighted by Gasteiger charge is 2.37. The zero-order valence-corrected chi connectivity index (χ0v) is 16.3. The van der Waals surface area contributed by atoms with E-state index >= 15 is 0 Å². The minimum atomic E-state index is -0.356. The van der Waals surface area contributed by atoms with Crippen LogP contribution in [0.3, 0.4) is 0 Å². The molecule has 0 spiro atoms. The Morgan fingerprint density at radius 1 is 1.11 bits per heavy atom. The van der Waals surface area contributed by atoms with Gasteiger partial charge in [0.15, 0.2) is 0 Å². The van der Waals surface area contributed by atoms with Crippen molar-refractivity contribution in [2.24, 2.45) is 5.92 Å². The lowest BCUT2D eigenvalue weighted by atomic mass is 10.0. The molecular weight excluding hydrogens is 352 g/mol. The lowest BCUT2D eigenvalue weighted by Gasteiger charge is -2.23. The van der Waals surface area contributed by atoms with E-state index in [0.717, 1.165) is 5.56 Å². The number of benzene rings is 2. The van der Waals surface area contributed by atoms with Gasteiger partial charge in [-0.1, -0.05) is 50.2 Å². The highest BCUT2D eigenvalue weighted by atomic mass is 16.6. The summed E-state index contributed by atoms with van der Waals surface area (Å²) < 4.78 is 5.23. The molecule has 0 radical (unpaired) electrons. The lowest BCUT2D eigenvalue weighted by molar-refractivity contribution is 0.177. The number of nitrogens with zero attached hydrogens (tertiary/aromatic N) is 3. The molecule has 6 heteroatoms. The summed E-state index contributed by atoms with van der Waals surface area (Å²) in [7, 11) is 0. The molecule has 2 atom stereocenters. The molecular formula is C22H24N4O2. The molecule has 1 aliphatic heterocycles. The maximum absolute atomic E-state index is 12.2. The summed E-state index contributed by atoms with van der Waals surface area (Å²) >= 11 is 0. The molecule has 1 fully saturated rings. The van der Waals surface area contributed by atoms with Gasteiger partial charge in [-0.2, -0.15) is 4.98 Å². The predicted molar refractivity (Wildman–Crippen MR) is 110 cm³/mol. The average molecular weight is 376 g/mol. The third-order valence-corrected chi connectivity index (χ3v) is 5.18. The second-order valence-electron chi connectivity index (χ2n) is 7.47. The summed E-state index contributed by atoms with van der Waals surface area (Å²) in [6, 6.07) is 16.4. The van der Waals surface area contributed by atoms with Gasteiger partial charge in [0.2, 0.25) is 5.95 Å². The Morgan fingerprint density at radius 2 is 1.89 bits per heavy atom. The molecule has 0 aliphatic carbocycles. The normalized spacial score (nSPS) is 17.8. The van der Waals surface area contributed by atoms with E-state index in [0.29, 0.717) is 18.4 Å². The Labute approximate surface area is 164 Å². The highest BCUT2D eigenvalue weighted by molar-refractivity contribution is 5.89. The van der Waals surface area contributed by atoms with Gasteiger partial charge in [0, 0.05) is 6.20 Å². The minimum absolute atomic E-state index is 0.0197. The van der Waals surface area contributed by atoms with Gasteiger partial charge in [-0.05, 0) is 41.3 Å². The minimum Gasteiger partial charge on any atom is -0.447 e. The maximum Gasteiger partial charge on any atom is 0.415 e. The van der Waals surface area contributed by atoms with Crippen LogP contribution in [0.5, 0.6) is 0 Å². The average Bonchev–Trinajstić information content (AvgIpc) is 3.09. The van der Waals surface area contributed by atoms with Crippen molar-refractivity contribution in [3.05, 3.63) is 60.3 Å². The first kappa shape index (κ1) is 18.2. The molecule has 2 heterocycles. The van der Waals surface area contributed by atoms with E-state index in [4.69, 9.17) is 4.74 Å². The second-order valence-corrected chi connectivity index (χ2v) is 7.47. The molecule has 0 unspecified atom stereocenters. The summed E-state index contributed by atoms with van der Waals surface area (Å²) in [6.45, 7) is 6.60.